The number of nitrogens with zero attached hydrogens (tertiary/aromatic N) is 4. The van der Waals surface area contributed by atoms with Gasteiger partial charge in [-0.1, -0.05) is 6.07 Å². The van der Waals surface area contributed by atoms with Gasteiger partial charge in [-0.25, -0.2) is 0 Å². The lowest BCUT2D eigenvalue weighted by atomic mass is 10.1. The van der Waals surface area contributed by atoms with Crippen LogP contribution >= 0.6 is 11.3 Å². The second kappa shape index (κ2) is 9.13. The van der Waals surface area contributed by atoms with Crippen molar-refractivity contribution in [3.05, 3.63) is 52.7 Å². The number of aromatic nitrogens is 2. The van der Waals surface area contributed by atoms with E-state index < -0.39 is 0 Å². The monoisotopic (exact) mass is 424 g/mol. The van der Waals surface area contributed by atoms with E-state index in [9.17, 15) is 4.79 Å². The van der Waals surface area contributed by atoms with Crippen LogP contribution in [0.25, 0.3) is 11.3 Å². The molecule has 0 atom stereocenters. The number of carbonyl (C=O) groups is 1. The quantitative estimate of drug-likeness (QED) is 0.606. The summed E-state index contributed by atoms with van der Waals surface area (Å²) in [5, 5.41) is 10.8. The van der Waals surface area contributed by atoms with Crippen LogP contribution in [0.5, 0.6) is 11.5 Å². The van der Waals surface area contributed by atoms with Crippen molar-refractivity contribution in [2.75, 3.05) is 45.3 Å². The van der Waals surface area contributed by atoms with Crippen LogP contribution in [0.1, 0.15) is 4.88 Å². The molecular formula is C22H24N4O3S. The van der Waals surface area contributed by atoms with Gasteiger partial charge in [-0.3, -0.25) is 4.79 Å². The summed E-state index contributed by atoms with van der Waals surface area (Å²) in [4.78, 5) is 17.7. The molecule has 0 N–H and O–H groups in total. The molecule has 4 rings (SSSR count). The molecule has 1 amide bonds. The Morgan fingerprint density at radius 1 is 1.00 bits per heavy atom. The average Bonchev–Trinajstić information content (AvgIpc) is 3.32. The van der Waals surface area contributed by atoms with Gasteiger partial charge < -0.3 is 19.3 Å². The summed E-state index contributed by atoms with van der Waals surface area (Å²) in [5.74, 6) is 2.35. The number of anilines is 1. The molecule has 1 aliphatic heterocycles. The van der Waals surface area contributed by atoms with Crippen molar-refractivity contribution in [2.45, 2.75) is 6.42 Å². The van der Waals surface area contributed by atoms with Crippen LogP contribution in [-0.4, -0.2) is 61.4 Å². The van der Waals surface area contributed by atoms with E-state index in [0.29, 0.717) is 31.0 Å². The molecule has 0 aliphatic carbocycles. The van der Waals surface area contributed by atoms with E-state index in [1.807, 2.05) is 52.7 Å². The summed E-state index contributed by atoms with van der Waals surface area (Å²) in [7, 11) is 3.23. The standard InChI is InChI=1S/C22H24N4O3S/c1-28-19-7-5-16(14-20(19)29-2)18-6-8-21(24-23-18)25-9-11-26(12-10-25)22(27)15-17-4-3-13-30-17/h3-8,13-14H,9-12,15H2,1-2H3. The number of hydrogen-bond acceptors (Lipinski definition) is 7. The molecule has 3 aromatic rings. The summed E-state index contributed by atoms with van der Waals surface area (Å²) < 4.78 is 10.7. The first-order chi connectivity index (χ1) is 14.7. The summed E-state index contributed by atoms with van der Waals surface area (Å²) in [6, 6.07) is 13.6. The molecule has 3 heterocycles. The third-order valence-corrected chi connectivity index (χ3v) is 6.07. The van der Waals surface area contributed by atoms with Crippen LogP contribution in [0.4, 0.5) is 5.82 Å². The molecule has 7 nitrogen and oxygen atoms in total. The lowest BCUT2D eigenvalue weighted by Crippen LogP contribution is -2.49. The third-order valence-electron chi connectivity index (χ3n) is 5.19. The Balaban J connectivity index is 1.38. The molecule has 8 heteroatoms. The minimum absolute atomic E-state index is 0.187. The van der Waals surface area contributed by atoms with Gasteiger partial charge in [0.25, 0.3) is 0 Å². The van der Waals surface area contributed by atoms with Crippen molar-refractivity contribution < 1.29 is 14.3 Å². The zero-order valence-electron chi connectivity index (χ0n) is 17.1. The highest BCUT2D eigenvalue weighted by atomic mass is 32.1. The number of thiophene rings is 1. The Kier molecular flexibility index (Phi) is 6.13. The normalized spacial score (nSPS) is 13.9. The first-order valence-electron chi connectivity index (χ1n) is 9.79. The Bertz CT molecular complexity index is 984. The van der Waals surface area contributed by atoms with Gasteiger partial charge in [-0.2, -0.15) is 0 Å². The zero-order chi connectivity index (χ0) is 20.9. The first kappa shape index (κ1) is 20.2. The predicted molar refractivity (Wildman–Crippen MR) is 117 cm³/mol. The zero-order valence-corrected chi connectivity index (χ0v) is 17.9. The summed E-state index contributed by atoms with van der Waals surface area (Å²) >= 11 is 1.63. The molecular weight excluding hydrogens is 400 g/mol. The number of rotatable bonds is 6. The molecule has 2 aromatic heterocycles. The minimum Gasteiger partial charge on any atom is -0.493 e. The van der Waals surface area contributed by atoms with Crippen LogP contribution in [0.2, 0.25) is 0 Å². The highest BCUT2D eigenvalue weighted by Gasteiger charge is 2.22. The van der Waals surface area contributed by atoms with Crippen molar-refractivity contribution in [1.82, 2.24) is 15.1 Å². The second-order valence-electron chi connectivity index (χ2n) is 6.97. The fourth-order valence-electron chi connectivity index (χ4n) is 3.50. The minimum atomic E-state index is 0.187. The van der Waals surface area contributed by atoms with E-state index in [0.717, 1.165) is 35.0 Å². The van der Waals surface area contributed by atoms with Crippen molar-refractivity contribution in [3.8, 4) is 22.8 Å². The fraction of sp³-hybridized carbons (Fsp3) is 0.318. The molecule has 1 aliphatic rings. The number of ether oxygens (including phenoxy) is 2. The molecule has 0 unspecified atom stereocenters. The number of benzene rings is 1. The summed E-state index contributed by atoms with van der Waals surface area (Å²) in [5.41, 5.74) is 1.68. The lowest BCUT2D eigenvalue weighted by Gasteiger charge is -2.35. The molecule has 1 aromatic carbocycles. The van der Waals surface area contributed by atoms with E-state index in [-0.39, 0.29) is 5.91 Å². The predicted octanol–water partition coefficient (Wildman–Crippen LogP) is 3.11. The second-order valence-corrected chi connectivity index (χ2v) is 8.00. The Hall–Kier alpha value is -3.13. The maximum absolute atomic E-state index is 12.5. The largest absolute Gasteiger partial charge is 0.493 e. The van der Waals surface area contributed by atoms with E-state index >= 15 is 0 Å². The third kappa shape index (κ3) is 4.38. The Morgan fingerprint density at radius 2 is 1.80 bits per heavy atom. The van der Waals surface area contributed by atoms with Gasteiger partial charge in [0.1, 0.15) is 0 Å². The maximum atomic E-state index is 12.5. The van der Waals surface area contributed by atoms with Gasteiger partial charge in [0, 0.05) is 36.6 Å². The highest BCUT2D eigenvalue weighted by molar-refractivity contribution is 7.10. The van der Waals surface area contributed by atoms with E-state index in [1.54, 1.807) is 25.6 Å². The highest BCUT2D eigenvalue weighted by Crippen LogP contribution is 2.31. The van der Waals surface area contributed by atoms with Gasteiger partial charge in [0.15, 0.2) is 17.3 Å². The number of piperazine rings is 1. The van der Waals surface area contributed by atoms with Crippen molar-refractivity contribution in [2.24, 2.45) is 0 Å². The SMILES string of the molecule is COc1ccc(-c2ccc(N3CCN(C(=O)Cc4cccs4)CC3)nn2)cc1OC. The van der Waals surface area contributed by atoms with E-state index in [4.69, 9.17) is 9.47 Å². The van der Waals surface area contributed by atoms with Gasteiger partial charge in [0.05, 0.1) is 26.3 Å². The maximum Gasteiger partial charge on any atom is 0.227 e. The van der Waals surface area contributed by atoms with Crippen LogP contribution in [0, 0.1) is 0 Å². The smallest absolute Gasteiger partial charge is 0.227 e. The number of carbonyl (C=O) groups excluding carboxylic acids is 1. The average molecular weight is 425 g/mol. The molecule has 1 saturated heterocycles. The van der Waals surface area contributed by atoms with Crippen molar-refractivity contribution in [3.63, 3.8) is 0 Å². The van der Waals surface area contributed by atoms with Gasteiger partial charge in [0.2, 0.25) is 5.91 Å². The molecule has 0 bridgehead atoms. The Labute approximate surface area is 179 Å². The van der Waals surface area contributed by atoms with E-state index in [1.165, 1.54) is 0 Å². The molecule has 156 valence electrons. The lowest BCUT2D eigenvalue weighted by molar-refractivity contribution is -0.130. The van der Waals surface area contributed by atoms with Crippen LogP contribution in [0.15, 0.2) is 47.8 Å². The van der Waals surface area contributed by atoms with Crippen LogP contribution in [-0.2, 0) is 11.2 Å². The van der Waals surface area contributed by atoms with Crippen molar-refractivity contribution in [1.29, 1.82) is 0 Å². The van der Waals surface area contributed by atoms with Gasteiger partial charge in [-0.15, -0.1) is 21.5 Å². The number of hydrogen-bond donors (Lipinski definition) is 0. The molecule has 30 heavy (non-hydrogen) atoms. The van der Waals surface area contributed by atoms with Gasteiger partial charge in [-0.05, 0) is 41.8 Å². The molecule has 0 radical (unpaired) electrons. The van der Waals surface area contributed by atoms with E-state index in [2.05, 4.69) is 15.1 Å². The number of methoxy groups -OCH3 is 2. The molecule has 1 fully saturated rings. The van der Waals surface area contributed by atoms with Gasteiger partial charge >= 0.3 is 0 Å². The van der Waals surface area contributed by atoms with Crippen LogP contribution in [0.3, 0.4) is 0 Å². The molecule has 0 spiro atoms. The first-order valence-corrected chi connectivity index (χ1v) is 10.7. The fourth-order valence-corrected chi connectivity index (χ4v) is 4.20. The van der Waals surface area contributed by atoms with Crippen LogP contribution < -0.4 is 14.4 Å². The topological polar surface area (TPSA) is 67.8 Å². The number of amides is 1. The summed E-state index contributed by atoms with van der Waals surface area (Å²) in [6.07, 6.45) is 0.484. The molecule has 0 saturated carbocycles. The van der Waals surface area contributed by atoms with Crippen molar-refractivity contribution >= 4 is 23.1 Å². The summed E-state index contributed by atoms with van der Waals surface area (Å²) in [6.45, 7) is 2.90. The Morgan fingerprint density at radius 3 is 2.43 bits per heavy atom.